The van der Waals surface area contributed by atoms with Gasteiger partial charge < -0.3 is 16.0 Å². The van der Waals surface area contributed by atoms with E-state index in [1.54, 1.807) is 0 Å². The molecule has 0 aromatic carbocycles. The fourth-order valence-electron chi connectivity index (χ4n) is 2.84. The van der Waals surface area contributed by atoms with Crippen molar-refractivity contribution in [1.29, 1.82) is 0 Å². The quantitative estimate of drug-likeness (QED) is 0.842. The molecule has 1 aromatic heterocycles. The Morgan fingerprint density at radius 3 is 2.22 bits per heavy atom. The Kier molecular flexibility index (Phi) is 5.65. The number of carbonyl (C=O) groups excluding carboxylic acids is 2. The normalized spacial score (nSPS) is 16.6. The number of hydrogen-bond acceptors (Lipinski definition) is 5. The Bertz CT molecular complexity index is 548. The standard InChI is InChI=1S/C16H25N5O2/c1-16(2,11-21-7-5-3-4-6-8-21)20-15(23)13-10-18-12(9-19-13)14(17)22/h9-10H,3-8,11H2,1-2H3,(H2,17,22)(H,20,23). The first-order chi connectivity index (χ1) is 10.9. The molecular formula is C16H25N5O2. The largest absolute Gasteiger partial charge is 0.364 e. The van der Waals surface area contributed by atoms with Crippen molar-refractivity contribution in [2.45, 2.75) is 45.1 Å². The smallest absolute Gasteiger partial charge is 0.271 e. The first-order valence-electron chi connectivity index (χ1n) is 8.04. The second-order valence-corrected chi connectivity index (χ2v) is 6.68. The van der Waals surface area contributed by atoms with Crippen molar-refractivity contribution in [2.75, 3.05) is 19.6 Å². The van der Waals surface area contributed by atoms with Gasteiger partial charge >= 0.3 is 0 Å². The lowest BCUT2D eigenvalue weighted by Gasteiger charge is -2.32. The van der Waals surface area contributed by atoms with Gasteiger partial charge in [-0.15, -0.1) is 0 Å². The summed E-state index contributed by atoms with van der Waals surface area (Å²) in [5.41, 5.74) is 4.97. The van der Waals surface area contributed by atoms with Gasteiger partial charge in [-0.3, -0.25) is 9.59 Å². The van der Waals surface area contributed by atoms with Gasteiger partial charge in [-0.05, 0) is 39.8 Å². The molecule has 0 spiro atoms. The topological polar surface area (TPSA) is 101 Å². The van der Waals surface area contributed by atoms with Gasteiger partial charge in [0.1, 0.15) is 11.4 Å². The highest BCUT2D eigenvalue weighted by Gasteiger charge is 2.25. The van der Waals surface area contributed by atoms with Gasteiger partial charge in [-0.1, -0.05) is 12.8 Å². The van der Waals surface area contributed by atoms with Gasteiger partial charge in [0, 0.05) is 12.1 Å². The minimum atomic E-state index is -0.661. The van der Waals surface area contributed by atoms with Crippen LogP contribution >= 0.6 is 0 Å². The van der Waals surface area contributed by atoms with Gasteiger partial charge in [-0.25, -0.2) is 9.97 Å². The van der Waals surface area contributed by atoms with E-state index < -0.39 is 5.91 Å². The van der Waals surface area contributed by atoms with Crippen LogP contribution in [0.5, 0.6) is 0 Å². The monoisotopic (exact) mass is 319 g/mol. The molecule has 7 heteroatoms. The van der Waals surface area contributed by atoms with Crippen LogP contribution in [0, 0.1) is 0 Å². The number of primary amides is 1. The van der Waals surface area contributed by atoms with E-state index in [0.29, 0.717) is 0 Å². The lowest BCUT2D eigenvalue weighted by molar-refractivity contribution is 0.0880. The van der Waals surface area contributed by atoms with E-state index in [2.05, 4.69) is 20.2 Å². The Morgan fingerprint density at radius 2 is 1.70 bits per heavy atom. The van der Waals surface area contributed by atoms with Crippen molar-refractivity contribution in [2.24, 2.45) is 5.73 Å². The van der Waals surface area contributed by atoms with E-state index in [1.165, 1.54) is 38.1 Å². The van der Waals surface area contributed by atoms with Crippen LogP contribution in [0.2, 0.25) is 0 Å². The fourth-order valence-corrected chi connectivity index (χ4v) is 2.84. The molecule has 2 heterocycles. The Labute approximate surface area is 136 Å². The number of rotatable bonds is 5. The van der Waals surface area contributed by atoms with Gasteiger partial charge in [0.2, 0.25) is 0 Å². The number of aromatic nitrogens is 2. The predicted octanol–water partition coefficient (Wildman–Crippen LogP) is 0.960. The summed E-state index contributed by atoms with van der Waals surface area (Å²) in [4.78, 5) is 33.5. The van der Waals surface area contributed by atoms with Crippen molar-refractivity contribution in [3.8, 4) is 0 Å². The highest BCUT2D eigenvalue weighted by molar-refractivity contribution is 5.94. The van der Waals surface area contributed by atoms with Crippen molar-refractivity contribution in [3.05, 3.63) is 23.8 Å². The first kappa shape index (κ1) is 17.3. The molecule has 0 aliphatic carbocycles. The number of carbonyl (C=O) groups is 2. The van der Waals surface area contributed by atoms with Crippen molar-refractivity contribution >= 4 is 11.8 Å². The molecule has 3 N–H and O–H groups in total. The number of hydrogen-bond donors (Lipinski definition) is 2. The number of nitrogens with one attached hydrogen (secondary N) is 1. The molecule has 1 aromatic rings. The molecule has 0 atom stereocenters. The van der Waals surface area contributed by atoms with Crippen molar-refractivity contribution in [3.63, 3.8) is 0 Å². The molecular weight excluding hydrogens is 294 g/mol. The van der Waals surface area contributed by atoms with Gasteiger partial charge in [0.15, 0.2) is 0 Å². The molecule has 0 bridgehead atoms. The Hall–Kier alpha value is -2.02. The minimum Gasteiger partial charge on any atom is -0.364 e. The van der Waals surface area contributed by atoms with Gasteiger partial charge in [-0.2, -0.15) is 0 Å². The second-order valence-electron chi connectivity index (χ2n) is 6.68. The molecule has 0 radical (unpaired) electrons. The third kappa shape index (κ3) is 5.28. The maximum absolute atomic E-state index is 12.3. The van der Waals surface area contributed by atoms with E-state index >= 15 is 0 Å². The van der Waals surface area contributed by atoms with E-state index in [9.17, 15) is 9.59 Å². The fraction of sp³-hybridized carbons (Fsp3) is 0.625. The minimum absolute atomic E-state index is 0.0466. The maximum atomic E-state index is 12.3. The number of amides is 2. The number of nitrogens with zero attached hydrogens (tertiary/aromatic N) is 3. The number of likely N-dealkylation sites (tertiary alicyclic amines) is 1. The average molecular weight is 319 g/mol. The van der Waals surface area contributed by atoms with Crippen LogP contribution < -0.4 is 11.1 Å². The summed E-state index contributed by atoms with van der Waals surface area (Å²) in [6.07, 6.45) is 7.49. The maximum Gasteiger partial charge on any atom is 0.271 e. The predicted molar refractivity (Wildman–Crippen MR) is 87.0 cm³/mol. The highest BCUT2D eigenvalue weighted by Crippen LogP contribution is 2.14. The van der Waals surface area contributed by atoms with E-state index in [0.717, 1.165) is 19.6 Å². The highest BCUT2D eigenvalue weighted by atomic mass is 16.2. The Balaban J connectivity index is 1.95. The Morgan fingerprint density at radius 1 is 1.13 bits per heavy atom. The summed E-state index contributed by atoms with van der Waals surface area (Å²) < 4.78 is 0. The molecule has 2 rings (SSSR count). The third-order valence-corrected chi connectivity index (χ3v) is 3.91. The number of nitrogens with two attached hydrogens (primary N) is 1. The lowest BCUT2D eigenvalue weighted by Crippen LogP contribution is -2.51. The summed E-state index contributed by atoms with van der Waals surface area (Å²) in [5, 5.41) is 2.99. The molecule has 7 nitrogen and oxygen atoms in total. The molecule has 1 aliphatic heterocycles. The molecule has 1 saturated heterocycles. The van der Waals surface area contributed by atoms with Crippen LogP contribution in [-0.4, -0.2) is 51.9 Å². The summed E-state index contributed by atoms with van der Waals surface area (Å²) in [6, 6.07) is 0. The molecule has 2 amide bonds. The van der Waals surface area contributed by atoms with Crippen LogP contribution in [0.1, 0.15) is 60.5 Å². The van der Waals surface area contributed by atoms with Crippen LogP contribution in [0.15, 0.2) is 12.4 Å². The molecule has 0 unspecified atom stereocenters. The molecule has 126 valence electrons. The van der Waals surface area contributed by atoms with Crippen LogP contribution in [0.3, 0.4) is 0 Å². The molecule has 23 heavy (non-hydrogen) atoms. The first-order valence-corrected chi connectivity index (χ1v) is 8.04. The van der Waals surface area contributed by atoms with Crippen LogP contribution in [-0.2, 0) is 0 Å². The van der Waals surface area contributed by atoms with Crippen molar-refractivity contribution < 1.29 is 9.59 Å². The van der Waals surface area contributed by atoms with E-state index in [-0.39, 0.29) is 22.8 Å². The third-order valence-electron chi connectivity index (χ3n) is 3.91. The van der Waals surface area contributed by atoms with Crippen LogP contribution in [0.4, 0.5) is 0 Å². The molecule has 1 aliphatic rings. The van der Waals surface area contributed by atoms with E-state index in [4.69, 9.17) is 5.73 Å². The van der Waals surface area contributed by atoms with E-state index in [1.807, 2.05) is 13.8 Å². The SMILES string of the molecule is CC(C)(CN1CCCCCC1)NC(=O)c1cnc(C(N)=O)cn1. The average Bonchev–Trinajstić information content (AvgIpc) is 2.74. The molecule has 0 saturated carbocycles. The molecule has 1 fully saturated rings. The lowest BCUT2D eigenvalue weighted by atomic mass is 10.0. The summed E-state index contributed by atoms with van der Waals surface area (Å²) in [7, 11) is 0. The zero-order valence-corrected chi connectivity index (χ0v) is 13.8. The van der Waals surface area contributed by atoms with Crippen LogP contribution in [0.25, 0.3) is 0 Å². The zero-order valence-electron chi connectivity index (χ0n) is 13.8. The van der Waals surface area contributed by atoms with Gasteiger partial charge in [0.25, 0.3) is 11.8 Å². The van der Waals surface area contributed by atoms with Gasteiger partial charge in [0.05, 0.1) is 12.4 Å². The van der Waals surface area contributed by atoms with Crippen molar-refractivity contribution in [1.82, 2.24) is 20.2 Å². The summed E-state index contributed by atoms with van der Waals surface area (Å²) in [5.74, 6) is -0.959. The summed E-state index contributed by atoms with van der Waals surface area (Å²) >= 11 is 0. The second kappa shape index (κ2) is 7.50. The summed E-state index contributed by atoms with van der Waals surface area (Å²) in [6.45, 7) is 6.95. The zero-order chi connectivity index (χ0) is 16.9.